The molecule has 1 aromatic rings. The van der Waals surface area contributed by atoms with Crippen LogP contribution in [0.15, 0.2) is 24.3 Å². The van der Waals surface area contributed by atoms with Crippen LogP contribution in [0, 0.1) is 0 Å². The number of β-amino-alcohol motifs (C(OH)–C–C–N with tert-alkyl or cyclic N) is 1. The molecule has 5 heteroatoms. The molecule has 130 valence electrons. The summed E-state index contributed by atoms with van der Waals surface area (Å²) in [4.78, 5) is 4.79. The monoisotopic (exact) mass is 322 g/mol. The molecule has 5 nitrogen and oxygen atoms in total. The predicted octanol–water partition coefficient (Wildman–Crippen LogP) is 1.77. The largest absolute Gasteiger partial charge is 0.496 e. The standard InChI is InChI=1S/C18H30N2O3/c1-4-23-14-16(21)13-19-9-11-20(12-10-19)15(2)17-7-5-6-8-18(17)22-3/h5-8,15-16,21H,4,9-14H2,1-3H3. The fourth-order valence-corrected chi connectivity index (χ4v) is 3.15. The topological polar surface area (TPSA) is 45.2 Å². The van der Waals surface area contributed by atoms with E-state index in [2.05, 4.69) is 28.9 Å². The van der Waals surface area contributed by atoms with Gasteiger partial charge in [-0.2, -0.15) is 0 Å². The van der Waals surface area contributed by atoms with Crippen molar-refractivity contribution in [3.8, 4) is 5.75 Å². The molecule has 1 heterocycles. The molecule has 0 bridgehead atoms. The quantitative estimate of drug-likeness (QED) is 0.790. The second kappa shape index (κ2) is 9.23. The molecule has 0 amide bonds. The third kappa shape index (κ3) is 5.18. The lowest BCUT2D eigenvalue weighted by Crippen LogP contribution is -2.49. The number of aliphatic hydroxyl groups is 1. The van der Waals surface area contributed by atoms with Crippen LogP contribution < -0.4 is 4.74 Å². The number of piperazine rings is 1. The molecule has 23 heavy (non-hydrogen) atoms. The van der Waals surface area contributed by atoms with Crippen molar-refractivity contribution >= 4 is 0 Å². The molecular weight excluding hydrogens is 292 g/mol. The second-order valence-electron chi connectivity index (χ2n) is 6.07. The molecule has 2 rings (SSSR count). The Labute approximate surface area is 139 Å². The third-order valence-corrected chi connectivity index (χ3v) is 4.53. The van der Waals surface area contributed by atoms with E-state index in [4.69, 9.17) is 9.47 Å². The predicted molar refractivity (Wildman–Crippen MR) is 91.9 cm³/mol. The van der Waals surface area contributed by atoms with Gasteiger partial charge in [0.15, 0.2) is 0 Å². The maximum Gasteiger partial charge on any atom is 0.123 e. The van der Waals surface area contributed by atoms with Gasteiger partial charge in [0.25, 0.3) is 0 Å². The first-order valence-corrected chi connectivity index (χ1v) is 8.50. The van der Waals surface area contributed by atoms with Gasteiger partial charge in [-0.25, -0.2) is 0 Å². The van der Waals surface area contributed by atoms with Gasteiger partial charge in [-0.15, -0.1) is 0 Å². The Hall–Kier alpha value is -1.14. The molecule has 0 spiro atoms. The van der Waals surface area contributed by atoms with Gasteiger partial charge in [0, 0.05) is 50.9 Å². The van der Waals surface area contributed by atoms with Crippen molar-refractivity contribution in [1.29, 1.82) is 0 Å². The zero-order chi connectivity index (χ0) is 16.7. The first-order chi connectivity index (χ1) is 11.2. The molecule has 1 saturated heterocycles. The summed E-state index contributed by atoms with van der Waals surface area (Å²) in [6.45, 7) is 9.90. The Morgan fingerprint density at radius 3 is 2.52 bits per heavy atom. The number of methoxy groups -OCH3 is 1. The number of rotatable bonds is 8. The highest BCUT2D eigenvalue weighted by atomic mass is 16.5. The van der Waals surface area contributed by atoms with Gasteiger partial charge in [0.2, 0.25) is 0 Å². The van der Waals surface area contributed by atoms with E-state index in [0.29, 0.717) is 25.8 Å². The van der Waals surface area contributed by atoms with E-state index in [1.54, 1.807) is 7.11 Å². The van der Waals surface area contributed by atoms with Crippen LogP contribution in [-0.4, -0.2) is 74.1 Å². The third-order valence-electron chi connectivity index (χ3n) is 4.53. The number of hydrogen-bond acceptors (Lipinski definition) is 5. The van der Waals surface area contributed by atoms with Gasteiger partial charge in [-0.05, 0) is 19.9 Å². The minimum absolute atomic E-state index is 0.335. The molecule has 1 aliphatic rings. The summed E-state index contributed by atoms with van der Waals surface area (Å²) in [6.07, 6.45) is -0.395. The molecule has 1 aromatic carbocycles. The fourth-order valence-electron chi connectivity index (χ4n) is 3.15. The normalized spacial score (nSPS) is 19.5. The van der Waals surface area contributed by atoms with Crippen molar-refractivity contribution in [3.05, 3.63) is 29.8 Å². The molecule has 0 aliphatic carbocycles. The molecule has 2 atom stereocenters. The lowest BCUT2D eigenvalue weighted by atomic mass is 10.0. The van der Waals surface area contributed by atoms with Gasteiger partial charge in [-0.3, -0.25) is 9.80 Å². The number of para-hydroxylation sites is 1. The van der Waals surface area contributed by atoms with E-state index in [0.717, 1.165) is 31.9 Å². The highest BCUT2D eigenvalue weighted by molar-refractivity contribution is 5.35. The van der Waals surface area contributed by atoms with Gasteiger partial charge < -0.3 is 14.6 Å². The summed E-state index contributed by atoms with van der Waals surface area (Å²) in [6, 6.07) is 8.57. The molecule has 2 unspecified atom stereocenters. The van der Waals surface area contributed by atoms with Gasteiger partial charge in [0.1, 0.15) is 5.75 Å². The number of ether oxygens (including phenoxy) is 2. The van der Waals surface area contributed by atoms with Crippen LogP contribution in [0.2, 0.25) is 0 Å². The SMILES string of the molecule is CCOCC(O)CN1CCN(C(C)c2ccccc2OC)CC1. The average molecular weight is 322 g/mol. The van der Waals surface area contributed by atoms with E-state index in [1.165, 1.54) is 5.56 Å². The van der Waals surface area contributed by atoms with Crippen LogP contribution in [0.1, 0.15) is 25.5 Å². The molecule has 0 aromatic heterocycles. The summed E-state index contributed by atoms with van der Waals surface area (Å²) in [7, 11) is 1.73. The Morgan fingerprint density at radius 2 is 1.87 bits per heavy atom. The Morgan fingerprint density at radius 1 is 1.17 bits per heavy atom. The average Bonchev–Trinajstić information content (AvgIpc) is 2.60. The van der Waals surface area contributed by atoms with Crippen molar-refractivity contribution in [2.75, 3.05) is 53.0 Å². The number of hydrogen-bond donors (Lipinski definition) is 1. The van der Waals surface area contributed by atoms with E-state index in [-0.39, 0.29) is 0 Å². The van der Waals surface area contributed by atoms with Gasteiger partial charge in [-0.1, -0.05) is 18.2 Å². The van der Waals surface area contributed by atoms with Crippen molar-refractivity contribution in [2.24, 2.45) is 0 Å². The van der Waals surface area contributed by atoms with Crippen LogP contribution in [-0.2, 0) is 4.74 Å². The van der Waals surface area contributed by atoms with Crippen molar-refractivity contribution < 1.29 is 14.6 Å². The number of benzene rings is 1. The van der Waals surface area contributed by atoms with Crippen LogP contribution in [0.5, 0.6) is 5.75 Å². The Balaban J connectivity index is 1.84. The van der Waals surface area contributed by atoms with E-state index >= 15 is 0 Å². The maximum atomic E-state index is 9.96. The smallest absolute Gasteiger partial charge is 0.123 e. The molecule has 1 fully saturated rings. The molecule has 1 aliphatic heterocycles. The van der Waals surface area contributed by atoms with Crippen molar-refractivity contribution in [2.45, 2.75) is 26.0 Å². The van der Waals surface area contributed by atoms with Crippen LogP contribution in [0.4, 0.5) is 0 Å². The molecule has 0 radical (unpaired) electrons. The lowest BCUT2D eigenvalue weighted by molar-refractivity contribution is 0.00715. The zero-order valence-corrected chi connectivity index (χ0v) is 14.6. The highest BCUT2D eigenvalue weighted by Crippen LogP contribution is 2.29. The number of aliphatic hydroxyl groups excluding tert-OH is 1. The minimum Gasteiger partial charge on any atom is -0.496 e. The van der Waals surface area contributed by atoms with Gasteiger partial charge in [0.05, 0.1) is 19.8 Å². The number of nitrogens with zero attached hydrogens (tertiary/aromatic N) is 2. The zero-order valence-electron chi connectivity index (χ0n) is 14.6. The van der Waals surface area contributed by atoms with Crippen molar-refractivity contribution in [3.63, 3.8) is 0 Å². The summed E-state index contributed by atoms with van der Waals surface area (Å²) < 4.78 is 10.8. The molecular formula is C18H30N2O3. The van der Waals surface area contributed by atoms with Crippen molar-refractivity contribution in [1.82, 2.24) is 9.80 Å². The first-order valence-electron chi connectivity index (χ1n) is 8.50. The molecule has 0 saturated carbocycles. The Kier molecular flexibility index (Phi) is 7.30. The fraction of sp³-hybridized carbons (Fsp3) is 0.667. The molecule has 1 N–H and O–H groups in total. The summed E-state index contributed by atoms with van der Waals surface area (Å²) in [5.74, 6) is 0.953. The summed E-state index contributed by atoms with van der Waals surface area (Å²) >= 11 is 0. The highest BCUT2D eigenvalue weighted by Gasteiger charge is 2.24. The Bertz CT molecular complexity index is 461. The lowest BCUT2D eigenvalue weighted by Gasteiger charge is -2.39. The van der Waals surface area contributed by atoms with E-state index in [1.807, 2.05) is 19.1 Å². The summed E-state index contributed by atoms with van der Waals surface area (Å²) in [5.41, 5.74) is 1.24. The van der Waals surface area contributed by atoms with E-state index in [9.17, 15) is 5.11 Å². The minimum atomic E-state index is -0.395. The second-order valence-corrected chi connectivity index (χ2v) is 6.07. The van der Waals surface area contributed by atoms with E-state index < -0.39 is 6.10 Å². The summed E-state index contributed by atoms with van der Waals surface area (Å²) in [5, 5.41) is 9.96. The van der Waals surface area contributed by atoms with Crippen LogP contribution in [0.3, 0.4) is 0 Å². The maximum absolute atomic E-state index is 9.96. The first kappa shape index (κ1) is 18.2. The van der Waals surface area contributed by atoms with Crippen LogP contribution >= 0.6 is 0 Å². The van der Waals surface area contributed by atoms with Crippen LogP contribution in [0.25, 0.3) is 0 Å². The van der Waals surface area contributed by atoms with Gasteiger partial charge >= 0.3 is 0 Å².